The molecule has 0 amide bonds. The van der Waals surface area contributed by atoms with Gasteiger partial charge in [0, 0.05) is 6.92 Å². The molecule has 1 N–H and O–H groups in total. The largest absolute Gasteiger partial charge is 0.381 e. The van der Waals surface area contributed by atoms with Gasteiger partial charge < -0.3 is 5.11 Å². The van der Waals surface area contributed by atoms with Crippen LogP contribution in [-0.4, -0.2) is 17.0 Å². The lowest BCUT2D eigenvalue weighted by Gasteiger charge is -1.83. The number of aliphatic hydroxyl groups is 1. The van der Waals surface area contributed by atoms with Crippen LogP contribution in [0.1, 0.15) is 13.8 Å². The van der Waals surface area contributed by atoms with Crippen LogP contribution in [0.2, 0.25) is 0 Å². The normalized spacial score (nSPS) is 11.4. The first kappa shape index (κ1) is 7.19. The van der Waals surface area contributed by atoms with Crippen molar-refractivity contribution in [2.45, 2.75) is 20.0 Å². The van der Waals surface area contributed by atoms with Gasteiger partial charge in [0.2, 0.25) is 5.78 Å². The van der Waals surface area contributed by atoms with Crippen LogP contribution in [0.4, 0.5) is 0 Å². The van der Waals surface area contributed by atoms with E-state index in [9.17, 15) is 4.79 Å². The van der Waals surface area contributed by atoms with Crippen molar-refractivity contribution in [3.05, 3.63) is 0 Å². The zero-order chi connectivity index (χ0) is 6.57. The quantitative estimate of drug-likeness (QED) is 0.352. The number of hydrogen-bond acceptors (Lipinski definition) is 2. The summed E-state index contributed by atoms with van der Waals surface area (Å²) in [6.45, 7) is 2.87. The molecule has 0 aliphatic carbocycles. The molecule has 0 fully saturated rings. The van der Waals surface area contributed by atoms with Crippen LogP contribution in [0.15, 0.2) is 0 Å². The minimum atomic E-state index is -0.695. The second kappa shape index (κ2) is 3.23. The van der Waals surface area contributed by atoms with E-state index in [1.807, 2.05) is 0 Å². The Morgan fingerprint density at radius 3 is 2.38 bits per heavy atom. The fourth-order valence-corrected chi connectivity index (χ4v) is 0.206. The Bertz CT molecular complexity index is 136. The van der Waals surface area contributed by atoms with Crippen molar-refractivity contribution in [3.8, 4) is 11.8 Å². The summed E-state index contributed by atoms with van der Waals surface area (Å²) in [4.78, 5) is 10.1. The molecule has 0 aliphatic heterocycles. The third-order valence-corrected chi connectivity index (χ3v) is 0.457. The molecule has 0 spiro atoms. The number of carbonyl (C=O) groups excluding carboxylic acids is 1. The molecule has 0 heterocycles. The second-order valence-electron chi connectivity index (χ2n) is 1.50. The molecule has 2 heteroatoms. The number of ketones is 1. The van der Waals surface area contributed by atoms with E-state index in [-0.39, 0.29) is 5.78 Å². The standard InChI is InChI=1S/C6H8O2/c1-5(7)3-4-6(2)8/h5,7H,1-2H3/t5-/m0/s1. The van der Waals surface area contributed by atoms with Gasteiger partial charge in [-0.2, -0.15) is 0 Å². The summed E-state index contributed by atoms with van der Waals surface area (Å²) in [7, 11) is 0. The van der Waals surface area contributed by atoms with E-state index >= 15 is 0 Å². The molecular weight excluding hydrogens is 104 g/mol. The minimum Gasteiger partial charge on any atom is -0.381 e. The van der Waals surface area contributed by atoms with Crippen LogP contribution in [0, 0.1) is 11.8 Å². The van der Waals surface area contributed by atoms with Crippen molar-refractivity contribution in [1.82, 2.24) is 0 Å². The molecule has 0 aliphatic rings. The summed E-state index contributed by atoms with van der Waals surface area (Å²) in [5.74, 6) is 4.29. The molecule has 0 bridgehead atoms. The maximum Gasteiger partial charge on any atom is 0.202 e. The highest BCUT2D eigenvalue weighted by molar-refractivity contribution is 5.93. The Hall–Kier alpha value is -0.810. The van der Waals surface area contributed by atoms with Gasteiger partial charge in [0.15, 0.2) is 0 Å². The smallest absolute Gasteiger partial charge is 0.202 e. The van der Waals surface area contributed by atoms with Gasteiger partial charge in [-0.15, -0.1) is 0 Å². The molecule has 0 rings (SSSR count). The third kappa shape index (κ3) is 5.19. The molecule has 8 heavy (non-hydrogen) atoms. The van der Waals surface area contributed by atoms with E-state index in [1.165, 1.54) is 13.8 Å². The zero-order valence-corrected chi connectivity index (χ0v) is 4.93. The average Bonchev–Trinajstić information content (AvgIpc) is 1.61. The summed E-state index contributed by atoms with van der Waals surface area (Å²) in [5.41, 5.74) is 0. The van der Waals surface area contributed by atoms with Crippen LogP contribution in [0.3, 0.4) is 0 Å². The van der Waals surface area contributed by atoms with E-state index in [4.69, 9.17) is 5.11 Å². The van der Waals surface area contributed by atoms with Crippen LogP contribution in [0.5, 0.6) is 0 Å². The van der Waals surface area contributed by atoms with Crippen molar-refractivity contribution >= 4 is 5.78 Å². The Balaban J connectivity index is 3.68. The minimum absolute atomic E-state index is 0.217. The van der Waals surface area contributed by atoms with Gasteiger partial charge in [-0.25, -0.2) is 0 Å². The maximum absolute atomic E-state index is 10.1. The fraction of sp³-hybridized carbons (Fsp3) is 0.500. The lowest BCUT2D eigenvalue weighted by molar-refractivity contribution is -0.111. The summed E-state index contributed by atoms with van der Waals surface area (Å²) < 4.78 is 0. The van der Waals surface area contributed by atoms with Crippen molar-refractivity contribution in [2.75, 3.05) is 0 Å². The molecule has 0 aromatic carbocycles. The van der Waals surface area contributed by atoms with Gasteiger partial charge >= 0.3 is 0 Å². The molecule has 1 atom stereocenters. The first-order chi connectivity index (χ1) is 3.63. The lowest BCUT2D eigenvalue weighted by atomic mass is 10.4. The first-order valence-electron chi connectivity index (χ1n) is 2.33. The van der Waals surface area contributed by atoms with Gasteiger partial charge in [-0.1, -0.05) is 5.92 Å². The third-order valence-electron chi connectivity index (χ3n) is 0.457. The van der Waals surface area contributed by atoms with Gasteiger partial charge in [-0.3, -0.25) is 4.79 Å². The van der Waals surface area contributed by atoms with Crippen molar-refractivity contribution < 1.29 is 9.90 Å². The Labute approximate surface area is 48.5 Å². The molecular formula is C6H8O2. The molecule has 0 saturated heterocycles. The first-order valence-corrected chi connectivity index (χ1v) is 2.33. The van der Waals surface area contributed by atoms with Crippen LogP contribution >= 0.6 is 0 Å². The number of carbonyl (C=O) groups is 1. The highest BCUT2D eigenvalue weighted by Crippen LogP contribution is 1.71. The summed E-state index contributed by atoms with van der Waals surface area (Å²) in [6, 6.07) is 0. The van der Waals surface area contributed by atoms with Gasteiger partial charge in [0.25, 0.3) is 0 Å². The monoisotopic (exact) mass is 112 g/mol. The van der Waals surface area contributed by atoms with Gasteiger partial charge in [0.1, 0.15) is 6.10 Å². The van der Waals surface area contributed by atoms with Gasteiger partial charge in [-0.05, 0) is 12.8 Å². The highest BCUT2D eigenvalue weighted by atomic mass is 16.3. The second-order valence-corrected chi connectivity index (χ2v) is 1.50. The zero-order valence-electron chi connectivity index (χ0n) is 4.93. The summed E-state index contributed by atoms with van der Waals surface area (Å²) in [5, 5.41) is 8.48. The molecule has 44 valence electrons. The number of Topliss-reactive ketones (excluding diaryl/α,β-unsaturated/α-hetero) is 1. The van der Waals surface area contributed by atoms with E-state index in [0.717, 1.165) is 0 Å². The number of rotatable bonds is 0. The maximum atomic E-state index is 10.1. The summed E-state index contributed by atoms with van der Waals surface area (Å²) >= 11 is 0. The molecule has 0 aromatic heterocycles. The van der Waals surface area contributed by atoms with E-state index in [1.54, 1.807) is 0 Å². The molecule has 0 radical (unpaired) electrons. The van der Waals surface area contributed by atoms with Crippen molar-refractivity contribution in [2.24, 2.45) is 0 Å². The fourth-order valence-electron chi connectivity index (χ4n) is 0.206. The van der Waals surface area contributed by atoms with E-state index < -0.39 is 6.10 Å². The lowest BCUT2D eigenvalue weighted by Crippen LogP contribution is -1.94. The average molecular weight is 112 g/mol. The van der Waals surface area contributed by atoms with Crippen molar-refractivity contribution in [3.63, 3.8) is 0 Å². The number of aliphatic hydroxyl groups excluding tert-OH is 1. The molecule has 2 nitrogen and oxygen atoms in total. The van der Waals surface area contributed by atoms with Gasteiger partial charge in [0.05, 0.1) is 0 Å². The SMILES string of the molecule is CC(=O)C#C[C@H](C)O. The molecule has 0 unspecified atom stereocenters. The highest BCUT2D eigenvalue weighted by Gasteiger charge is 1.83. The Morgan fingerprint density at radius 2 is 2.25 bits per heavy atom. The van der Waals surface area contributed by atoms with E-state index in [0.29, 0.717) is 0 Å². The Kier molecular flexibility index (Phi) is 2.90. The van der Waals surface area contributed by atoms with E-state index in [2.05, 4.69) is 11.8 Å². The predicted octanol–water partition coefficient (Wildman–Crippen LogP) is -0.0404. The topological polar surface area (TPSA) is 37.3 Å². The van der Waals surface area contributed by atoms with Crippen LogP contribution in [0.25, 0.3) is 0 Å². The van der Waals surface area contributed by atoms with Crippen LogP contribution in [-0.2, 0) is 4.79 Å². The predicted molar refractivity (Wildman–Crippen MR) is 30.1 cm³/mol. The van der Waals surface area contributed by atoms with Crippen molar-refractivity contribution in [1.29, 1.82) is 0 Å². The van der Waals surface area contributed by atoms with Crippen LogP contribution < -0.4 is 0 Å². The molecule has 0 aromatic rings. The number of hydrogen-bond donors (Lipinski definition) is 1. The molecule has 0 saturated carbocycles. The Morgan fingerprint density at radius 1 is 1.75 bits per heavy atom. The summed E-state index contributed by atoms with van der Waals surface area (Å²) in [6.07, 6.45) is -0.695.